The molecule has 0 aliphatic carbocycles. The monoisotopic (exact) mass is 230 g/mol. The van der Waals surface area contributed by atoms with E-state index in [2.05, 4.69) is 0 Å². The molecule has 0 saturated heterocycles. The number of carboxylic acids is 1. The van der Waals surface area contributed by atoms with Gasteiger partial charge in [-0.1, -0.05) is 36.4 Å². The first-order valence-corrected chi connectivity index (χ1v) is 5.55. The molecule has 0 fully saturated rings. The number of hydrogen-bond donors (Lipinski definition) is 2. The van der Waals surface area contributed by atoms with Crippen LogP contribution >= 0.6 is 0 Å². The summed E-state index contributed by atoms with van der Waals surface area (Å²) in [5, 5.41) is 20.6. The van der Waals surface area contributed by atoms with Crippen LogP contribution in [0.5, 0.6) is 0 Å². The van der Waals surface area contributed by atoms with Gasteiger partial charge in [0, 0.05) is 6.42 Å². The molecule has 0 aromatic heterocycles. The van der Waals surface area contributed by atoms with E-state index < -0.39 is 12.1 Å². The Morgan fingerprint density at radius 3 is 2.53 bits per heavy atom. The van der Waals surface area contributed by atoms with Crippen LogP contribution in [0.15, 0.2) is 42.5 Å². The number of rotatable bonds is 4. The van der Waals surface area contributed by atoms with Gasteiger partial charge in [-0.3, -0.25) is 4.79 Å². The maximum atomic E-state index is 10.4. The molecule has 2 aromatic rings. The van der Waals surface area contributed by atoms with E-state index in [1.807, 2.05) is 42.5 Å². The quantitative estimate of drug-likeness (QED) is 0.849. The Morgan fingerprint density at radius 1 is 1.12 bits per heavy atom. The molecule has 3 nitrogen and oxygen atoms in total. The Morgan fingerprint density at radius 2 is 1.82 bits per heavy atom. The lowest BCUT2D eigenvalue weighted by Crippen LogP contribution is -2.02. The summed E-state index contributed by atoms with van der Waals surface area (Å²) in [6.45, 7) is 0. The van der Waals surface area contributed by atoms with E-state index in [1.54, 1.807) is 0 Å². The van der Waals surface area contributed by atoms with Gasteiger partial charge in [-0.15, -0.1) is 0 Å². The molecule has 0 bridgehead atoms. The lowest BCUT2D eigenvalue weighted by Gasteiger charge is -2.10. The highest BCUT2D eigenvalue weighted by atomic mass is 16.4. The van der Waals surface area contributed by atoms with Gasteiger partial charge in [-0.2, -0.15) is 0 Å². The van der Waals surface area contributed by atoms with Crippen molar-refractivity contribution in [1.29, 1.82) is 0 Å². The minimum absolute atomic E-state index is 0.0198. The minimum atomic E-state index is -0.884. The zero-order chi connectivity index (χ0) is 12.3. The van der Waals surface area contributed by atoms with Crippen LogP contribution in [0.25, 0.3) is 10.8 Å². The first-order chi connectivity index (χ1) is 8.16. The summed E-state index contributed by atoms with van der Waals surface area (Å²) in [5.41, 5.74) is 0.768. The number of fused-ring (bicyclic) bond motifs is 1. The second kappa shape index (κ2) is 4.97. The van der Waals surface area contributed by atoms with Crippen LogP contribution in [0.3, 0.4) is 0 Å². The second-order valence-corrected chi connectivity index (χ2v) is 4.05. The highest BCUT2D eigenvalue weighted by Gasteiger charge is 2.10. The Kier molecular flexibility index (Phi) is 3.40. The molecule has 2 rings (SSSR count). The maximum Gasteiger partial charge on any atom is 0.303 e. The number of benzene rings is 2. The lowest BCUT2D eigenvalue weighted by molar-refractivity contribution is -0.137. The largest absolute Gasteiger partial charge is 0.481 e. The zero-order valence-corrected chi connectivity index (χ0v) is 9.34. The molecule has 88 valence electrons. The number of hydrogen-bond acceptors (Lipinski definition) is 2. The zero-order valence-electron chi connectivity index (χ0n) is 9.34. The molecule has 0 aliphatic heterocycles. The summed E-state index contributed by atoms with van der Waals surface area (Å²) in [5.74, 6) is -0.884. The van der Waals surface area contributed by atoms with Crippen LogP contribution in [-0.2, 0) is 4.79 Å². The summed E-state index contributed by atoms with van der Waals surface area (Å²) in [7, 11) is 0. The van der Waals surface area contributed by atoms with Crippen molar-refractivity contribution < 1.29 is 15.0 Å². The number of carboxylic acid groups (broad SMARTS) is 1. The number of aliphatic carboxylic acids is 1. The lowest BCUT2D eigenvalue weighted by atomic mass is 10.0. The van der Waals surface area contributed by atoms with Crippen molar-refractivity contribution in [2.45, 2.75) is 18.9 Å². The molecule has 0 radical (unpaired) electrons. The van der Waals surface area contributed by atoms with Crippen LogP contribution in [0.2, 0.25) is 0 Å². The second-order valence-electron chi connectivity index (χ2n) is 4.05. The van der Waals surface area contributed by atoms with Gasteiger partial charge < -0.3 is 10.2 Å². The van der Waals surface area contributed by atoms with E-state index in [0.29, 0.717) is 0 Å². The molecule has 0 spiro atoms. The van der Waals surface area contributed by atoms with Gasteiger partial charge >= 0.3 is 5.97 Å². The summed E-state index contributed by atoms with van der Waals surface area (Å²) >= 11 is 0. The molecule has 0 heterocycles. The standard InChI is InChI=1S/C14H14O3/c15-13(7-8-14(16)17)12-6-5-10-3-1-2-4-11(10)9-12/h1-6,9,13,15H,7-8H2,(H,16,17). The van der Waals surface area contributed by atoms with Crippen molar-refractivity contribution in [1.82, 2.24) is 0 Å². The van der Waals surface area contributed by atoms with Crippen LogP contribution < -0.4 is 0 Å². The van der Waals surface area contributed by atoms with E-state index in [1.165, 1.54) is 0 Å². The molecule has 1 atom stereocenters. The van der Waals surface area contributed by atoms with E-state index in [0.717, 1.165) is 16.3 Å². The minimum Gasteiger partial charge on any atom is -0.481 e. The maximum absolute atomic E-state index is 10.4. The normalized spacial score (nSPS) is 12.5. The molecule has 0 saturated carbocycles. The van der Waals surface area contributed by atoms with Crippen molar-refractivity contribution in [3.05, 3.63) is 48.0 Å². The average molecular weight is 230 g/mol. The predicted molar refractivity (Wildman–Crippen MR) is 65.8 cm³/mol. The van der Waals surface area contributed by atoms with Gasteiger partial charge in [-0.25, -0.2) is 0 Å². The SMILES string of the molecule is O=C(O)CCC(O)c1ccc2ccccc2c1. The van der Waals surface area contributed by atoms with Crippen molar-refractivity contribution in [2.75, 3.05) is 0 Å². The molecular formula is C14H14O3. The smallest absolute Gasteiger partial charge is 0.303 e. The van der Waals surface area contributed by atoms with Crippen molar-refractivity contribution >= 4 is 16.7 Å². The summed E-state index contributed by atoms with van der Waals surface area (Å²) in [4.78, 5) is 10.4. The fourth-order valence-corrected chi connectivity index (χ4v) is 1.84. The molecular weight excluding hydrogens is 216 g/mol. The average Bonchev–Trinajstić information content (AvgIpc) is 2.35. The van der Waals surface area contributed by atoms with Gasteiger partial charge in [0.2, 0.25) is 0 Å². The third kappa shape index (κ3) is 2.82. The molecule has 0 amide bonds. The van der Waals surface area contributed by atoms with Crippen LogP contribution in [0.4, 0.5) is 0 Å². The van der Waals surface area contributed by atoms with Crippen molar-refractivity contribution in [2.24, 2.45) is 0 Å². The molecule has 2 aromatic carbocycles. The van der Waals surface area contributed by atoms with Crippen molar-refractivity contribution in [3.63, 3.8) is 0 Å². The summed E-state index contributed by atoms with van der Waals surface area (Å²) < 4.78 is 0. The Bertz CT molecular complexity index is 534. The fraction of sp³-hybridized carbons (Fsp3) is 0.214. The van der Waals surface area contributed by atoms with Gasteiger partial charge in [0.05, 0.1) is 6.10 Å². The first-order valence-electron chi connectivity index (χ1n) is 5.55. The molecule has 3 heteroatoms. The number of aliphatic hydroxyl groups is 1. The van der Waals surface area contributed by atoms with Gasteiger partial charge in [0.1, 0.15) is 0 Å². The third-order valence-corrected chi connectivity index (χ3v) is 2.79. The molecule has 2 N–H and O–H groups in total. The number of carbonyl (C=O) groups is 1. The summed E-state index contributed by atoms with van der Waals surface area (Å²) in [6, 6.07) is 13.6. The van der Waals surface area contributed by atoms with Crippen LogP contribution in [-0.4, -0.2) is 16.2 Å². The van der Waals surface area contributed by atoms with Gasteiger partial charge in [0.25, 0.3) is 0 Å². The summed E-state index contributed by atoms with van der Waals surface area (Å²) in [6.07, 6.45) is -0.488. The van der Waals surface area contributed by atoms with Gasteiger partial charge in [0.15, 0.2) is 0 Å². The molecule has 1 unspecified atom stereocenters. The Hall–Kier alpha value is -1.87. The van der Waals surface area contributed by atoms with E-state index >= 15 is 0 Å². The Labute approximate surface area is 99.3 Å². The van der Waals surface area contributed by atoms with Gasteiger partial charge in [-0.05, 0) is 28.8 Å². The fourth-order valence-electron chi connectivity index (χ4n) is 1.84. The van der Waals surface area contributed by atoms with Crippen molar-refractivity contribution in [3.8, 4) is 0 Å². The first kappa shape index (κ1) is 11.6. The van der Waals surface area contributed by atoms with E-state index in [4.69, 9.17) is 5.11 Å². The Balaban J connectivity index is 2.20. The topological polar surface area (TPSA) is 57.5 Å². The highest BCUT2D eigenvalue weighted by molar-refractivity contribution is 5.83. The molecule has 0 aliphatic rings. The predicted octanol–water partition coefficient (Wildman–Crippen LogP) is 2.74. The van der Waals surface area contributed by atoms with Crippen LogP contribution in [0, 0.1) is 0 Å². The van der Waals surface area contributed by atoms with E-state index in [9.17, 15) is 9.90 Å². The molecule has 17 heavy (non-hydrogen) atoms. The van der Waals surface area contributed by atoms with Crippen LogP contribution in [0.1, 0.15) is 24.5 Å². The number of aliphatic hydroxyl groups excluding tert-OH is 1. The third-order valence-electron chi connectivity index (χ3n) is 2.79. The van der Waals surface area contributed by atoms with E-state index in [-0.39, 0.29) is 12.8 Å². The highest BCUT2D eigenvalue weighted by Crippen LogP contribution is 2.23.